The van der Waals surface area contributed by atoms with Crippen molar-refractivity contribution < 1.29 is 19.1 Å². The summed E-state index contributed by atoms with van der Waals surface area (Å²) in [4.78, 5) is 42.8. The number of nitrogens with one attached hydrogen (secondary N) is 1. The predicted molar refractivity (Wildman–Crippen MR) is 107 cm³/mol. The van der Waals surface area contributed by atoms with Gasteiger partial charge in [0, 0.05) is 10.8 Å². The van der Waals surface area contributed by atoms with Crippen LogP contribution in [0.5, 0.6) is 5.75 Å². The van der Waals surface area contributed by atoms with Gasteiger partial charge in [0.15, 0.2) is 0 Å². The zero-order valence-electron chi connectivity index (χ0n) is 14.7. The van der Waals surface area contributed by atoms with E-state index in [1.807, 2.05) is 0 Å². The molecule has 6 nitrogen and oxygen atoms in total. The molecule has 0 aliphatic carbocycles. The van der Waals surface area contributed by atoms with Crippen LogP contribution in [-0.4, -0.2) is 27.2 Å². The molecule has 1 fully saturated rings. The van der Waals surface area contributed by atoms with Gasteiger partial charge in [-0.05, 0) is 42.0 Å². The molecule has 1 saturated heterocycles. The van der Waals surface area contributed by atoms with Crippen LogP contribution < -0.4 is 9.77 Å². The molecule has 2 amide bonds. The number of rotatable bonds is 2. The van der Waals surface area contributed by atoms with Crippen molar-refractivity contribution in [2.45, 2.75) is 16.2 Å². The Kier molecular flexibility index (Phi) is 4.11. The molecule has 0 bridgehead atoms. The number of aromatic amines is 1. The van der Waals surface area contributed by atoms with Crippen LogP contribution >= 0.6 is 23.1 Å². The second-order valence-corrected chi connectivity index (χ2v) is 9.00. The Balaban J connectivity index is 1.64. The highest BCUT2D eigenvalue weighted by Crippen LogP contribution is 2.53. The molecule has 0 radical (unpaired) electrons. The highest BCUT2D eigenvalue weighted by molar-refractivity contribution is 8.00. The van der Waals surface area contributed by atoms with E-state index in [-0.39, 0.29) is 16.5 Å². The molecule has 2 N–H and O–H groups in total. The van der Waals surface area contributed by atoms with Gasteiger partial charge < -0.3 is 10.1 Å². The lowest BCUT2D eigenvalue weighted by Crippen LogP contribution is -2.32. The summed E-state index contributed by atoms with van der Waals surface area (Å²) in [6.45, 7) is 0. The Morgan fingerprint density at radius 2 is 1.66 bits per heavy atom. The molecule has 0 spiro atoms. The number of amides is 2. The van der Waals surface area contributed by atoms with Crippen molar-refractivity contribution in [2.24, 2.45) is 5.92 Å². The molecule has 1 aromatic heterocycles. The quantitative estimate of drug-likeness (QED) is 0.613. The first-order valence-corrected chi connectivity index (χ1v) is 10.5. The topological polar surface area (TPSA) is 90.5 Å². The van der Waals surface area contributed by atoms with Gasteiger partial charge in [-0.15, -0.1) is 0 Å². The van der Waals surface area contributed by atoms with Gasteiger partial charge in [0.1, 0.15) is 16.8 Å². The van der Waals surface area contributed by atoms with Gasteiger partial charge in [-0.25, -0.2) is 9.29 Å². The minimum absolute atomic E-state index is 0.0831. The maximum atomic E-state index is 13.4. The van der Waals surface area contributed by atoms with Crippen LogP contribution in [-0.2, 0) is 9.59 Å². The van der Waals surface area contributed by atoms with Crippen LogP contribution in [0.3, 0.4) is 0 Å². The minimum atomic E-state index is -0.707. The fourth-order valence-corrected chi connectivity index (χ4v) is 6.42. The number of anilines is 1. The van der Waals surface area contributed by atoms with Crippen molar-refractivity contribution >= 4 is 40.6 Å². The number of hydrogen-bond donors (Lipinski definition) is 2. The molecule has 0 saturated carbocycles. The second kappa shape index (κ2) is 6.57. The minimum Gasteiger partial charge on any atom is -0.508 e. The lowest BCUT2D eigenvalue weighted by atomic mass is 9.83. The monoisotopic (exact) mass is 428 g/mol. The maximum absolute atomic E-state index is 13.4. The molecule has 0 unspecified atom stereocenters. The zero-order valence-corrected chi connectivity index (χ0v) is 16.3. The van der Waals surface area contributed by atoms with E-state index in [1.165, 1.54) is 48.2 Å². The number of carbonyl (C=O) groups excluding carboxylic acids is 2. The molecular weight excluding hydrogens is 415 g/mol. The first kappa shape index (κ1) is 18.1. The number of aromatic hydroxyl groups is 1. The first-order chi connectivity index (χ1) is 13.9. The number of hydrogen-bond acceptors (Lipinski definition) is 6. The SMILES string of the molecule is O=C1[C@H]2[C@H](c3ccc(O)cc3)c3sc(=O)[nH]c3S[C@H]2C(=O)N1c1ccc(F)cc1. The van der Waals surface area contributed by atoms with Crippen LogP contribution in [0.15, 0.2) is 58.4 Å². The van der Waals surface area contributed by atoms with E-state index < -0.39 is 28.8 Å². The molecule has 5 rings (SSSR count). The number of H-pyrrole nitrogens is 1. The van der Waals surface area contributed by atoms with Crippen molar-refractivity contribution in [2.75, 3.05) is 4.90 Å². The van der Waals surface area contributed by atoms with Gasteiger partial charge in [0.2, 0.25) is 11.8 Å². The van der Waals surface area contributed by atoms with Crippen molar-refractivity contribution in [1.29, 1.82) is 0 Å². The third-order valence-corrected chi connectivity index (χ3v) is 7.56. The van der Waals surface area contributed by atoms with E-state index in [9.17, 15) is 23.9 Å². The summed E-state index contributed by atoms with van der Waals surface area (Å²) in [5, 5.41) is 9.51. The number of aromatic nitrogens is 1. The van der Waals surface area contributed by atoms with Crippen molar-refractivity contribution in [3.05, 3.63) is 74.5 Å². The van der Waals surface area contributed by atoms with Crippen LogP contribution in [0.1, 0.15) is 16.4 Å². The third kappa shape index (κ3) is 2.80. The van der Waals surface area contributed by atoms with Crippen LogP contribution in [0.4, 0.5) is 10.1 Å². The first-order valence-electron chi connectivity index (χ1n) is 8.76. The summed E-state index contributed by atoms with van der Waals surface area (Å²) in [7, 11) is 0. The van der Waals surface area contributed by atoms with Crippen molar-refractivity contribution in [3.63, 3.8) is 0 Å². The Morgan fingerprint density at radius 3 is 2.34 bits per heavy atom. The normalized spacial score (nSPS) is 23.2. The fraction of sp³-hybridized carbons (Fsp3) is 0.150. The summed E-state index contributed by atoms with van der Waals surface area (Å²) in [5.74, 6) is -2.35. The highest BCUT2D eigenvalue weighted by Gasteiger charge is 2.56. The molecule has 2 aliphatic heterocycles. The molecule has 3 aromatic rings. The standard InChI is InChI=1S/C20H13FN2O4S2/c21-10-3-5-11(6-4-10)23-18(25)14-13(9-1-7-12(24)8-2-9)15-17(22-20(27)29-15)28-16(14)19(23)26/h1-8,13-14,16,24H,(H,22,27)/t13-,14-,16+/m0/s1. The molecule has 9 heteroatoms. The average molecular weight is 428 g/mol. The number of nitrogens with zero attached hydrogens (tertiary/aromatic N) is 1. The Hall–Kier alpha value is -2.91. The van der Waals surface area contributed by atoms with Crippen LogP contribution in [0, 0.1) is 11.7 Å². The number of halogens is 1. The van der Waals surface area contributed by atoms with Gasteiger partial charge in [-0.1, -0.05) is 35.2 Å². The Morgan fingerprint density at radius 1 is 0.966 bits per heavy atom. The van der Waals surface area contributed by atoms with Gasteiger partial charge in [-0.3, -0.25) is 14.4 Å². The molecule has 3 heterocycles. The molecule has 2 aliphatic rings. The molecule has 29 heavy (non-hydrogen) atoms. The van der Waals surface area contributed by atoms with Gasteiger partial charge in [-0.2, -0.15) is 0 Å². The third-order valence-electron chi connectivity index (χ3n) is 5.16. The van der Waals surface area contributed by atoms with Gasteiger partial charge in [0.25, 0.3) is 0 Å². The predicted octanol–water partition coefficient (Wildman–Crippen LogP) is 3.08. The number of fused-ring (bicyclic) bond motifs is 2. The number of thiazole rings is 1. The van der Waals surface area contributed by atoms with E-state index in [0.29, 0.717) is 15.6 Å². The van der Waals surface area contributed by atoms with E-state index >= 15 is 0 Å². The van der Waals surface area contributed by atoms with Crippen molar-refractivity contribution in [1.82, 2.24) is 4.98 Å². The van der Waals surface area contributed by atoms with Crippen LogP contribution in [0.25, 0.3) is 0 Å². The van der Waals surface area contributed by atoms with E-state index in [2.05, 4.69) is 4.98 Å². The summed E-state index contributed by atoms with van der Waals surface area (Å²) in [6, 6.07) is 11.6. The largest absolute Gasteiger partial charge is 0.508 e. The summed E-state index contributed by atoms with van der Waals surface area (Å²) in [6.07, 6.45) is 0. The van der Waals surface area contributed by atoms with Crippen molar-refractivity contribution in [3.8, 4) is 5.75 Å². The highest BCUT2D eigenvalue weighted by atomic mass is 32.2. The lowest BCUT2D eigenvalue weighted by molar-refractivity contribution is -0.122. The molecule has 3 atom stereocenters. The van der Waals surface area contributed by atoms with E-state index in [0.717, 1.165) is 21.8 Å². The number of phenols is 1. The van der Waals surface area contributed by atoms with Crippen LogP contribution in [0.2, 0.25) is 0 Å². The van der Waals surface area contributed by atoms with E-state index in [4.69, 9.17) is 0 Å². The fourth-order valence-electron chi connectivity index (χ4n) is 3.90. The Bertz CT molecular complexity index is 1190. The Labute approximate surface area is 172 Å². The number of carbonyl (C=O) groups is 2. The number of phenolic OH excluding ortho intramolecular Hbond substituents is 1. The molecule has 146 valence electrons. The van der Waals surface area contributed by atoms with Gasteiger partial charge >= 0.3 is 4.87 Å². The van der Waals surface area contributed by atoms with Gasteiger partial charge in [0.05, 0.1) is 16.6 Å². The molecular formula is C20H13FN2O4S2. The van der Waals surface area contributed by atoms with E-state index in [1.54, 1.807) is 12.1 Å². The number of benzene rings is 2. The lowest BCUT2D eigenvalue weighted by Gasteiger charge is -2.29. The second-order valence-electron chi connectivity index (χ2n) is 6.83. The molecule has 2 aromatic carbocycles. The maximum Gasteiger partial charge on any atom is 0.305 e. The smallest absolute Gasteiger partial charge is 0.305 e. The number of imide groups is 1. The average Bonchev–Trinajstić information content (AvgIpc) is 3.19. The summed E-state index contributed by atoms with van der Waals surface area (Å²) < 4.78 is 13.3. The summed E-state index contributed by atoms with van der Waals surface area (Å²) >= 11 is 2.21. The summed E-state index contributed by atoms with van der Waals surface area (Å²) in [5.41, 5.74) is 1.05. The zero-order chi connectivity index (χ0) is 20.3. The number of thioether (sulfide) groups is 1.